The van der Waals surface area contributed by atoms with Crippen molar-refractivity contribution in [3.8, 4) is 11.3 Å². The molecule has 84 valence electrons. The fraction of sp³-hybridized carbons (Fsp3) is 0.250. The van der Waals surface area contributed by atoms with Crippen LogP contribution in [-0.2, 0) is 0 Å². The van der Waals surface area contributed by atoms with Crippen molar-refractivity contribution in [2.45, 2.75) is 19.9 Å². The largest absolute Gasteiger partial charge is 0.282 e. The summed E-state index contributed by atoms with van der Waals surface area (Å²) in [4.78, 5) is 11.4. The summed E-state index contributed by atoms with van der Waals surface area (Å²) in [6.07, 6.45) is 0. The molecular weight excluding hydrogens is 268 g/mol. The van der Waals surface area contributed by atoms with Gasteiger partial charge in [-0.05, 0) is 31.5 Å². The van der Waals surface area contributed by atoms with E-state index in [0.717, 1.165) is 15.7 Å². The fourth-order valence-electron chi connectivity index (χ4n) is 1.66. The van der Waals surface area contributed by atoms with Gasteiger partial charge in [0, 0.05) is 16.6 Å². The molecule has 0 fully saturated rings. The predicted octanol–water partition coefficient (Wildman–Crippen LogP) is 3.19. The molecule has 1 aromatic heterocycles. The Morgan fingerprint density at radius 2 is 1.88 bits per heavy atom. The van der Waals surface area contributed by atoms with Gasteiger partial charge in [-0.15, -0.1) is 0 Å². The molecule has 1 aromatic carbocycles. The molecular formula is C12H13BrN2O. The SMILES string of the molecule is CC(C)n1[nH]c(=O)cc1-c1ccc(Br)cc1. The van der Waals surface area contributed by atoms with Gasteiger partial charge in [0.1, 0.15) is 0 Å². The van der Waals surface area contributed by atoms with E-state index in [9.17, 15) is 4.79 Å². The third kappa shape index (κ3) is 2.11. The van der Waals surface area contributed by atoms with Crippen LogP contribution in [0.25, 0.3) is 11.3 Å². The van der Waals surface area contributed by atoms with Crippen LogP contribution in [0.3, 0.4) is 0 Å². The van der Waals surface area contributed by atoms with Crippen molar-refractivity contribution in [3.05, 3.63) is 45.2 Å². The van der Waals surface area contributed by atoms with E-state index in [-0.39, 0.29) is 11.6 Å². The summed E-state index contributed by atoms with van der Waals surface area (Å²) in [6, 6.07) is 9.79. The van der Waals surface area contributed by atoms with Crippen LogP contribution in [0.1, 0.15) is 19.9 Å². The number of rotatable bonds is 2. The molecule has 0 atom stereocenters. The van der Waals surface area contributed by atoms with Gasteiger partial charge in [-0.25, -0.2) is 0 Å². The highest BCUT2D eigenvalue weighted by Gasteiger charge is 2.09. The minimum atomic E-state index is -0.0633. The molecule has 0 radical (unpaired) electrons. The van der Waals surface area contributed by atoms with E-state index < -0.39 is 0 Å². The minimum absolute atomic E-state index is 0.0633. The smallest absolute Gasteiger partial charge is 0.264 e. The third-order valence-electron chi connectivity index (χ3n) is 2.41. The highest BCUT2D eigenvalue weighted by molar-refractivity contribution is 9.10. The lowest BCUT2D eigenvalue weighted by atomic mass is 10.1. The van der Waals surface area contributed by atoms with Crippen molar-refractivity contribution in [3.63, 3.8) is 0 Å². The quantitative estimate of drug-likeness (QED) is 0.902. The first-order valence-corrected chi connectivity index (χ1v) is 5.94. The standard InChI is InChI=1S/C12H13BrN2O/c1-8(2)15-11(7-12(16)14-15)9-3-5-10(13)6-4-9/h3-8H,1-2H3,(H,14,16). The highest BCUT2D eigenvalue weighted by atomic mass is 79.9. The van der Waals surface area contributed by atoms with Crippen LogP contribution in [-0.4, -0.2) is 9.78 Å². The van der Waals surface area contributed by atoms with Gasteiger partial charge in [0.25, 0.3) is 5.56 Å². The first-order chi connectivity index (χ1) is 7.58. The fourth-order valence-corrected chi connectivity index (χ4v) is 1.92. The summed E-state index contributed by atoms with van der Waals surface area (Å²) in [5, 5.41) is 2.81. The van der Waals surface area contributed by atoms with Crippen LogP contribution >= 0.6 is 15.9 Å². The zero-order valence-electron chi connectivity index (χ0n) is 9.20. The molecule has 4 heteroatoms. The second-order valence-corrected chi connectivity index (χ2v) is 4.89. The van der Waals surface area contributed by atoms with E-state index in [0.29, 0.717) is 0 Å². The molecule has 0 saturated carbocycles. The molecule has 1 heterocycles. The Morgan fingerprint density at radius 3 is 2.44 bits per heavy atom. The average molecular weight is 281 g/mol. The van der Waals surface area contributed by atoms with Crippen LogP contribution in [0.2, 0.25) is 0 Å². The lowest BCUT2D eigenvalue weighted by Crippen LogP contribution is -2.08. The lowest BCUT2D eigenvalue weighted by molar-refractivity contribution is 0.534. The van der Waals surface area contributed by atoms with Crippen LogP contribution in [0.15, 0.2) is 39.6 Å². The van der Waals surface area contributed by atoms with Gasteiger partial charge in [0.15, 0.2) is 0 Å². The number of hydrogen-bond acceptors (Lipinski definition) is 1. The minimum Gasteiger partial charge on any atom is -0.282 e. The Hall–Kier alpha value is -1.29. The molecule has 3 nitrogen and oxygen atoms in total. The lowest BCUT2D eigenvalue weighted by Gasteiger charge is -2.11. The molecule has 0 aliphatic rings. The molecule has 0 aliphatic heterocycles. The van der Waals surface area contributed by atoms with Crippen LogP contribution in [0.5, 0.6) is 0 Å². The summed E-state index contributed by atoms with van der Waals surface area (Å²) >= 11 is 3.39. The zero-order valence-corrected chi connectivity index (χ0v) is 10.8. The molecule has 2 rings (SSSR count). The van der Waals surface area contributed by atoms with Gasteiger partial charge in [0.05, 0.1) is 5.69 Å². The van der Waals surface area contributed by atoms with E-state index in [1.165, 1.54) is 0 Å². The average Bonchev–Trinajstić information content (AvgIpc) is 2.61. The number of nitrogens with zero attached hydrogens (tertiary/aromatic N) is 1. The highest BCUT2D eigenvalue weighted by Crippen LogP contribution is 2.22. The molecule has 0 saturated heterocycles. The van der Waals surface area contributed by atoms with E-state index in [2.05, 4.69) is 21.0 Å². The molecule has 2 aromatic rings. The molecule has 0 bridgehead atoms. The van der Waals surface area contributed by atoms with Crippen LogP contribution < -0.4 is 5.56 Å². The molecule has 0 unspecified atom stereocenters. The van der Waals surface area contributed by atoms with Crippen molar-refractivity contribution >= 4 is 15.9 Å². The Balaban J connectivity index is 2.55. The van der Waals surface area contributed by atoms with Crippen molar-refractivity contribution < 1.29 is 0 Å². The zero-order chi connectivity index (χ0) is 11.7. The summed E-state index contributed by atoms with van der Waals surface area (Å²) in [5.41, 5.74) is 1.90. The second-order valence-electron chi connectivity index (χ2n) is 3.98. The Labute approximate surface area is 102 Å². The maximum Gasteiger partial charge on any atom is 0.264 e. The van der Waals surface area contributed by atoms with Crippen molar-refractivity contribution in [2.75, 3.05) is 0 Å². The predicted molar refractivity (Wildman–Crippen MR) is 68.6 cm³/mol. The summed E-state index contributed by atoms with van der Waals surface area (Å²) in [6.45, 7) is 4.08. The normalized spacial score (nSPS) is 11.0. The van der Waals surface area contributed by atoms with Gasteiger partial charge >= 0.3 is 0 Å². The Morgan fingerprint density at radius 1 is 1.25 bits per heavy atom. The van der Waals surface area contributed by atoms with Gasteiger partial charge in [-0.1, -0.05) is 28.1 Å². The number of aromatic nitrogens is 2. The van der Waals surface area contributed by atoms with Crippen LogP contribution in [0, 0.1) is 0 Å². The topological polar surface area (TPSA) is 37.8 Å². The maximum absolute atomic E-state index is 11.4. The maximum atomic E-state index is 11.4. The Bertz CT molecular complexity index is 537. The van der Waals surface area contributed by atoms with Gasteiger partial charge in [0.2, 0.25) is 0 Å². The van der Waals surface area contributed by atoms with E-state index in [1.807, 2.05) is 42.8 Å². The summed E-state index contributed by atoms with van der Waals surface area (Å²) < 4.78 is 2.91. The van der Waals surface area contributed by atoms with E-state index >= 15 is 0 Å². The summed E-state index contributed by atoms with van der Waals surface area (Å²) in [7, 11) is 0. The number of aromatic amines is 1. The third-order valence-corrected chi connectivity index (χ3v) is 2.94. The first-order valence-electron chi connectivity index (χ1n) is 5.15. The van der Waals surface area contributed by atoms with E-state index in [1.54, 1.807) is 6.07 Å². The van der Waals surface area contributed by atoms with Crippen molar-refractivity contribution in [1.29, 1.82) is 0 Å². The molecule has 0 spiro atoms. The van der Waals surface area contributed by atoms with Gasteiger partial charge in [-0.3, -0.25) is 14.6 Å². The first kappa shape index (κ1) is 11.2. The number of benzene rings is 1. The van der Waals surface area contributed by atoms with Crippen LogP contribution in [0.4, 0.5) is 0 Å². The second kappa shape index (κ2) is 4.29. The number of hydrogen-bond donors (Lipinski definition) is 1. The number of halogens is 1. The molecule has 16 heavy (non-hydrogen) atoms. The number of H-pyrrole nitrogens is 1. The van der Waals surface area contributed by atoms with Crippen molar-refractivity contribution in [2.24, 2.45) is 0 Å². The van der Waals surface area contributed by atoms with E-state index in [4.69, 9.17) is 0 Å². The van der Waals surface area contributed by atoms with Gasteiger partial charge < -0.3 is 0 Å². The molecule has 1 N–H and O–H groups in total. The Kier molecular flexibility index (Phi) is 3.01. The number of nitrogens with one attached hydrogen (secondary N) is 1. The van der Waals surface area contributed by atoms with Crippen molar-refractivity contribution in [1.82, 2.24) is 9.78 Å². The monoisotopic (exact) mass is 280 g/mol. The molecule has 0 aliphatic carbocycles. The van der Waals surface area contributed by atoms with Gasteiger partial charge in [-0.2, -0.15) is 0 Å². The summed E-state index contributed by atoms with van der Waals surface area (Å²) in [5.74, 6) is 0. The molecule has 0 amide bonds.